The number of likely N-dealkylation sites (tertiary alicyclic amines) is 1. The molecule has 2 heterocycles. The second-order valence-electron chi connectivity index (χ2n) is 5.54. The first kappa shape index (κ1) is 13.5. The zero-order chi connectivity index (χ0) is 13.2. The summed E-state index contributed by atoms with van der Waals surface area (Å²) in [5.41, 5.74) is 1.91. The van der Waals surface area contributed by atoms with Crippen LogP contribution in [0.25, 0.3) is 0 Å². The van der Waals surface area contributed by atoms with Crippen LogP contribution in [0.4, 0.5) is 0 Å². The van der Waals surface area contributed by atoms with Gasteiger partial charge in [-0.15, -0.1) is 0 Å². The lowest BCUT2D eigenvalue weighted by molar-refractivity contribution is -0.0145. The lowest BCUT2D eigenvalue weighted by Gasteiger charge is -2.42. The molecule has 1 aromatic heterocycles. The molecule has 0 aromatic carbocycles. The van der Waals surface area contributed by atoms with E-state index in [4.69, 9.17) is 0 Å². The van der Waals surface area contributed by atoms with E-state index in [1.54, 1.807) is 6.20 Å². The van der Waals surface area contributed by atoms with Crippen molar-refractivity contribution >= 4 is 0 Å². The van der Waals surface area contributed by atoms with E-state index in [1.165, 1.54) is 12.8 Å². The number of hydrogen-bond donors (Lipinski definition) is 1. The fraction of sp³-hybridized carbons (Fsp3) is 0.667. The molecule has 0 radical (unpaired) electrons. The third-order valence-electron chi connectivity index (χ3n) is 4.51. The highest BCUT2D eigenvalue weighted by atomic mass is 16.3. The van der Waals surface area contributed by atoms with Crippen LogP contribution in [0.5, 0.6) is 0 Å². The molecule has 18 heavy (non-hydrogen) atoms. The van der Waals surface area contributed by atoms with Gasteiger partial charge in [0.15, 0.2) is 0 Å². The summed E-state index contributed by atoms with van der Waals surface area (Å²) in [5, 5.41) is 10.8. The van der Waals surface area contributed by atoms with Crippen molar-refractivity contribution in [3.63, 3.8) is 0 Å². The van der Waals surface area contributed by atoms with Gasteiger partial charge < -0.3 is 5.11 Å². The van der Waals surface area contributed by atoms with Crippen LogP contribution in [-0.2, 0) is 0 Å². The van der Waals surface area contributed by atoms with Crippen molar-refractivity contribution in [2.24, 2.45) is 0 Å². The Hall–Kier alpha value is -0.930. The molecule has 2 unspecified atom stereocenters. The van der Waals surface area contributed by atoms with Crippen molar-refractivity contribution in [3.05, 3.63) is 29.6 Å². The molecule has 100 valence electrons. The SMILES string of the molecule is CCC(C)(C(O)c1cnccc1C)N1CCCC1. The van der Waals surface area contributed by atoms with E-state index in [2.05, 4.69) is 23.7 Å². The zero-order valence-electron chi connectivity index (χ0n) is 11.7. The van der Waals surface area contributed by atoms with Gasteiger partial charge in [0.05, 0.1) is 6.10 Å². The van der Waals surface area contributed by atoms with Gasteiger partial charge in [0.2, 0.25) is 0 Å². The van der Waals surface area contributed by atoms with Crippen molar-refractivity contribution in [2.45, 2.75) is 51.7 Å². The average molecular weight is 248 g/mol. The Morgan fingerprint density at radius 1 is 1.44 bits per heavy atom. The van der Waals surface area contributed by atoms with Gasteiger partial charge in [0, 0.05) is 23.5 Å². The summed E-state index contributed by atoms with van der Waals surface area (Å²) in [4.78, 5) is 6.60. The van der Waals surface area contributed by atoms with Gasteiger partial charge in [-0.3, -0.25) is 9.88 Å². The van der Waals surface area contributed by atoms with E-state index in [0.717, 1.165) is 30.6 Å². The molecule has 1 aromatic rings. The van der Waals surface area contributed by atoms with E-state index in [-0.39, 0.29) is 5.54 Å². The van der Waals surface area contributed by atoms with Crippen molar-refractivity contribution in [3.8, 4) is 0 Å². The van der Waals surface area contributed by atoms with Crippen molar-refractivity contribution < 1.29 is 5.11 Å². The quantitative estimate of drug-likeness (QED) is 0.890. The van der Waals surface area contributed by atoms with Gasteiger partial charge in [-0.05, 0) is 57.8 Å². The number of aliphatic hydroxyl groups excluding tert-OH is 1. The molecule has 1 aliphatic rings. The molecule has 0 amide bonds. The molecule has 1 N–H and O–H groups in total. The smallest absolute Gasteiger partial charge is 0.0988 e. The summed E-state index contributed by atoms with van der Waals surface area (Å²) in [5.74, 6) is 0. The fourth-order valence-electron chi connectivity index (χ4n) is 2.92. The number of aryl methyl sites for hydroxylation is 1. The van der Waals surface area contributed by atoms with Crippen LogP contribution in [-0.4, -0.2) is 33.6 Å². The van der Waals surface area contributed by atoms with E-state index in [9.17, 15) is 5.11 Å². The second kappa shape index (κ2) is 5.37. The highest BCUT2D eigenvalue weighted by molar-refractivity contribution is 5.26. The first-order valence-corrected chi connectivity index (χ1v) is 6.93. The molecule has 0 bridgehead atoms. The summed E-state index contributed by atoms with van der Waals surface area (Å²) in [6, 6.07) is 1.97. The summed E-state index contributed by atoms with van der Waals surface area (Å²) >= 11 is 0. The first-order chi connectivity index (χ1) is 8.59. The number of pyridine rings is 1. The number of hydrogen-bond acceptors (Lipinski definition) is 3. The van der Waals surface area contributed by atoms with Gasteiger partial charge in [-0.1, -0.05) is 6.92 Å². The van der Waals surface area contributed by atoms with E-state index >= 15 is 0 Å². The number of aliphatic hydroxyl groups is 1. The Morgan fingerprint density at radius 3 is 2.67 bits per heavy atom. The second-order valence-corrected chi connectivity index (χ2v) is 5.54. The Labute approximate surface area is 110 Å². The molecular formula is C15H24N2O. The van der Waals surface area contributed by atoms with Gasteiger partial charge in [-0.25, -0.2) is 0 Å². The van der Waals surface area contributed by atoms with Gasteiger partial charge >= 0.3 is 0 Å². The highest BCUT2D eigenvalue weighted by Crippen LogP contribution is 2.37. The van der Waals surface area contributed by atoms with Crippen molar-refractivity contribution in [1.82, 2.24) is 9.88 Å². The Bertz CT molecular complexity index is 401. The van der Waals surface area contributed by atoms with E-state index in [0.29, 0.717) is 0 Å². The number of rotatable bonds is 4. The maximum atomic E-state index is 10.8. The zero-order valence-corrected chi connectivity index (χ0v) is 11.7. The molecule has 3 nitrogen and oxygen atoms in total. The molecule has 0 spiro atoms. The first-order valence-electron chi connectivity index (χ1n) is 6.93. The third-order valence-corrected chi connectivity index (χ3v) is 4.51. The molecule has 2 rings (SSSR count). The predicted molar refractivity (Wildman–Crippen MR) is 73.4 cm³/mol. The number of nitrogens with zero attached hydrogens (tertiary/aromatic N) is 2. The van der Waals surface area contributed by atoms with Crippen LogP contribution in [0.2, 0.25) is 0 Å². The molecule has 1 saturated heterocycles. The van der Waals surface area contributed by atoms with Crippen LogP contribution in [0.1, 0.15) is 50.3 Å². The normalized spacial score (nSPS) is 21.8. The molecular weight excluding hydrogens is 224 g/mol. The minimum Gasteiger partial charge on any atom is -0.386 e. The topological polar surface area (TPSA) is 36.4 Å². The Kier molecular flexibility index (Phi) is 4.03. The molecule has 1 fully saturated rings. The number of aromatic nitrogens is 1. The van der Waals surface area contributed by atoms with E-state index < -0.39 is 6.10 Å². The van der Waals surface area contributed by atoms with Gasteiger partial charge in [-0.2, -0.15) is 0 Å². The summed E-state index contributed by atoms with van der Waals surface area (Å²) < 4.78 is 0. The molecule has 0 saturated carbocycles. The monoisotopic (exact) mass is 248 g/mol. The standard InChI is InChI=1S/C15H24N2O/c1-4-15(3,17-9-5-6-10-17)14(18)13-11-16-8-7-12(13)2/h7-8,11,14,18H,4-6,9-10H2,1-3H3. The Morgan fingerprint density at radius 2 is 2.11 bits per heavy atom. The fourth-order valence-corrected chi connectivity index (χ4v) is 2.92. The highest BCUT2D eigenvalue weighted by Gasteiger charge is 2.39. The molecule has 3 heteroatoms. The minimum absolute atomic E-state index is 0.176. The van der Waals surface area contributed by atoms with Crippen LogP contribution in [0.3, 0.4) is 0 Å². The van der Waals surface area contributed by atoms with Crippen LogP contribution in [0.15, 0.2) is 18.5 Å². The molecule has 0 aliphatic carbocycles. The van der Waals surface area contributed by atoms with Gasteiger partial charge in [0.25, 0.3) is 0 Å². The maximum absolute atomic E-state index is 10.8. The van der Waals surface area contributed by atoms with Crippen LogP contribution < -0.4 is 0 Å². The Balaban J connectivity index is 2.29. The van der Waals surface area contributed by atoms with Crippen molar-refractivity contribution in [2.75, 3.05) is 13.1 Å². The average Bonchev–Trinajstić information content (AvgIpc) is 2.92. The van der Waals surface area contributed by atoms with E-state index in [1.807, 2.05) is 19.2 Å². The summed E-state index contributed by atoms with van der Waals surface area (Å²) in [6.45, 7) is 8.57. The third kappa shape index (κ3) is 2.29. The van der Waals surface area contributed by atoms with Crippen LogP contribution in [0, 0.1) is 6.92 Å². The largest absolute Gasteiger partial charge is 0.386 e. The molecule has 2 atom stereocenters. The minimum atomic E-state index is -0.464. The predicted octanol–water partition coefficient (Wildman–Crippen LogP) is 2.69. The summed E-state index contributed by atoms with van der Waals surface area (Å²) in [6.07, 6.45) is 6.56. The molecule has 1 aliphatic heterocycles. The van der Waals surface area contributed by atoms with Crippen LogP contribution >= 0.6 is 0 Å². The van der Waals surface area contributed by atoms with Crippen molar-refractivity contribution in [1.29, 1.82) is 0 Å². The van der Waals surface area contributed by atoms with Gasteiger partial charge in [0.1, 0.15) is 0 Å². The summed E-state index contributed by atoms with van der Waals surface area (Å²) in [7, 11) is 0. The maximum Gasteiger partial charge on any atom is 0.0988 e. The lowest BCUT2D eigenvalue weighted by atomic mass is 9.84. The lowest BCUT2D eigenvalue weighted by Crippen LogP contribution is -2.49.